The van der Waals surface area contributed by atoms with Gasteiger partial charge >= 0.3 is 5.97 Å². The minimum atomic E-state index is -2.11. The molecule has 24 nitrogen and oxygen atoms in total. The number of aliphatic hydroxyl groups excluding tert-OH is 10. The van der Waals surface area contributed by atoms with E-state index in [9.17, 15) is 65.8 Å². The molecular formula is C28H51N5O19. The molecule has 52 heavy (non-hydrogen) atoms. The largest absolute Gasteiger partial charge is 0.479 e. The van der Waals surface area contributed by atoms with Crippen LogP contribution in [0.15, 0.2) is 0 Å². The van der Waals surface area contributed by atoms with Gasteiger partial charge in [-0.25, -0.2) is 4.79 Å². The molecule has 1 amide bonds. The number of carboxylic acid groups (broad SMARTS) is 1. The maximum absolute atomic E-state index is 12.9. The molecule has 1 aliphatic carbocycles. The Hall–Kier alpha value is -1.86. The first-order chi connectivity index (χ1) is 24.5. The van der Waals surface area contributed by atoms with Crippen LogP contribution < -0.4 is 28.3 Å². The van der Waals surface area contributed by atoms with Crippen LogP contribution in [0.25, 0.3) is 0 Å². The molecule has 0 radical (unpaired) electrons. The second-order valence-corrected chi connectivity index (χ2v) is 13.2. The Labute approximate surface area is 295 Å². The highest BCUT2D eigenvalue weighted by atomic mass is 16.8. The van der Waals surface area contributed by atoms with E-state index in [4.69, 9.17) is 51.4 Å². The van der Waals surface area contributed by atoms with Crippen LogP contribution >= 0.6 is 0 Å². The summed E-state index contributed by atoms with van der Waals surface area (Å²) < 4.78 is 34.0. The molecule has 21 atom stereocenters. The predicted octanol–water partition coefficient (Wildman–Crippen LogP) is -10.5. The van der Waals surface area contributed by atoms with Crippen LogP contribution in [0.1, 0.15) is 12.8 Å². The Morgan fingerprint density at radius 1 is 0.712 bits per heavy atom. The highest BCUT2D eigenvalue weighted by Gasteiger charge is 2.55. The molecule has 3 saturated heterocycles. The van der Waals surface area contributed by atoms with Crippen molar-refractivity contribution in [2.45, 2.75) is 141 Å². The van der Waals surface area contributed by atoms with E-state index >= 15 is 0 Å². The Bertz CT molecular complexity index is 1180. The SMILES string of the molecule is NCC[C@H](O)C(=O)N[C@@H]1C[C@H](N)[C@@H](O[C@H]2O[C@H](CN)[C@@H](O)[C@H](O)[C@H]2O)[C@H](O)[C@H]1O[C@H]1O[C@H](CO)[C@@H](O)[C@H](N)[C@H]1OC1OC(C(=O)O)C(O)C(O)C1O. The summed E-state index contributed by atoms with van der Waals surface area (Å²) in [6.07, 6.45) is -32.6. The van der Waals surface area contributed by atoms with Crippen LogP contribution in [0.3, 0.4) is 0 Å². The smallest absolute Gasteiger partial charge is 0.335 e. The first kappa shape index (κ1) is 42.9. The van der Waals surface area contributed by atoms with Crippen LogP contribution in [0.4, 0.5) is 0 Å². The molecule has 3 heterocycles. The monoisotopic (exact) mass is 761 g/mol. The molecule has 302 valence electrons. The Morgan fingerprint density at radius 3 is 1.85 bits per heavy atom. The van der Waals surface area contributed by atoms with Crippen molar-refractivity contribution < 1.29 is 94.2 Å². The number of rotatable bonds is 13. The van der Waals surface area contributed by atoms with Crippen molar-refractivity contribution >= 4 is 11.9 Å². The molecule has 4 aliphatic rings. The van der Waals surface area contributed by atoms with Gasteiger partial charge in [-0.2, -0.15) is 0 Å². The lowest BCUT2D eigenvalue weighted by Crippen LogP contribution is -2.70. The summed E-state index contributed by atoms with van der Waals surface area (Å²) in [5.74, 6) is -2.69. The van der Waals surface area contributed by atoms with E-state index in [0.717, 1.165) is 0 Å². The second-order valence-electron chi connectivity index (χ2n) is 13.2. The topological polar surface area (TPSA) is 428 Å². The molecule has 0 aromatic rings. The molecule has 3 aliphatic heterocycles. The number of hydrogen-bond donors (Lipinski definition) is 16. The summed E-state index contributed by atoms with van der Waals surface area (Å²) in [6, 6.07) is -4.07. The first-order valence-corrected chi connectivity index (χ1v) is 16.6. The van der Waals surface area contributed by atoms with Gasteiger partial charge in [0.1, 0.15) is 85.5 Å². The van der Waals surface area contributed by atoms with E-state index < -0.39 is 147 Å². The van der Waals surface area contributed by atoms with Gasteiger partial charge in [0, 0.05) is 12.6 Å². The standard InChI is InChI=1S/C28H51N5O19/c29-2-1-8(35)24(44)33-7-3-6(31)20(49-26-17(41)14(38)13(37)9(4-30)47-26)19(43)21(7)50-28-22(11(32)12(36)10(5-34)48-28)51-27-18(42)15(39)16(40)23(52-27)25(45)46/h6-23,26-28,34-43H,1-5,29-32H2,(H,33,44)(H,45,46)/t6-,7+,8-,9+,10+,11-,12+,13+,14-,15?,16?,17+,18?,19-,20+,21-,22+,23?,26+,27?,28+/m0/s1. The molecule has 0 aromatic heterocycles. The molecule has 0 spiro atoms. The summed E-state index contributed by atoms with van der Waals surface area (Å²) in [5.41, 5.74) is 23.6. The third-order valence-electron chi connectivity index (χ3n) is 9.59. The highest BCUT2D eigenvalue weighted by molar-refractivity contribution is 5.80. The fourth-order valence-corrected chi connectivity index (χ4v) is 6.53. The normalized spacial score (nSPS) is 47.8. The van der Waals surface area contributed by atoms with E-state index in [1.54, 1.807) is 0 Å². The predicted molar refractivity (Wildman–Crippen MR) is 165 cm³/mol. The molecule has 0 aromatic carbocycles. The van der Waals surface area contributed by atoms with E-state index in [1.807, 2.05) is 0 Å². The third kappa shape index (κ3) is 8.98. The van der Waals surface area contributed by atoms with E-state index in [-0.39, 0.29) is 25.9 Å². The first-order valence-electron chi connectivity index (χ1n) is 16.6. The third-order valence-corrected chi connectivity index (χ3v) is 9.59. The second kappa shape index (κ2) is 18.2. The number of hydrogen-bond acceptors (Lipinski definition) is 22. The van der Waals surface area contributed by atoms with Gasteiger partial charge in [0.05, 0.1) is 18.7 Å². The van der Waals surface area contributed by atoms with E-state index in [1.165, 1.54) is 0 Å². The van der Waals surface area contributed by atoms with Gasteiger partial charge in [0.2, 0.25) is 5.91 Å². The number of aliphatic carboxylic acids is 1. The van der Waals surface area contributed by atoms with Crippen LogP contribution in [0.5, 0.6) is 0 Å². The Kier molecular flexibility index (Phi) is 15.0. The molecule has 5 unspecified atom stereocenters. The molecule has 24 heteroatoms. The summed E-state index contributed by atoms with van der Waals surface area (Å²) in [5, 5.41) is 117. The van der Waals surface area contributed by atoms with Crippen molar-refractivity contribution in [2.24, 2.45) is 22.9 Å². The molecule has 1 saturated carbocycles. The maximum Gasteiger partial charge on any atom is 0.335 e. The average molecular weight is 762 g/mol. The minimum Gasteiger partial charge on any atom is -0.479 e. The zero-order chi connectivity index (χ0) is 38.8. The molecule has 20 N–H and O–H groups in total. The van der Waals surface area contributed by atoms with Gasteiger partial charge in [0.25, 0.3) is 0 Å². The Morgan fingerprint density at radius 2 is 1.27 bits per heavy atom. The van der Waals surface area contributed by atoms with Gasteiger partial charge in [-0.1, -0.05) is 0 Å². The highest BCUT2D eigenvalue weighted by Crippen LogP contribution is 2.34. The quantitative estimate of drug-likeness (QED) is 0.0828. The summed E-state index contributed by atoms with van der Waals surface area (Å²) >= 11 is 0. The van der Waals surface area contributed by atoms with Crippen molar-refractivity contribution in [2.75, 3.05) is 19.7 Å². The summed E-state index contributed by atoms with van der Waals surface area (Å²) in [7, 11) is 0. The number of carbonyl (C=O) groups is 2. The number of carboxylic acids is 1. The number of amides is 1. The fourth-order valence-electron chi connectivity index (χ4n) is 6.53. The van der Waals surface area contributed by atoms with Gasteiger partial charge in [0.15, 0.2) is 25.0 Å². The van der Waals surface area contributed by atoms with Crippen molar-refractivity contribution in [3.8, 4) is 0 Å². The Balaban J connectivity index is 1.66. The lowest BCUT2D eigenvalue weighted by atomic mass is 9.83. The van der Waals surface area contributed by atoms with Gasteiger partial charge in [-0.3, -0.25) is 4.79 Å². The average Bonchev–Trinajstić information content (AvgIpc) is 3.10. The van der Waals surface area contributed by atoms with Gasteiger partial charge in [-0.05, 0) is 19.4 Å². The number of carbonyl (C=O) groups excluding carboxylic acids is 1. The van der Waals surface area contributed by atoms with Gasteiger partial charge in [-0.15, -0.1) is 0 Å². The van der Waals surface area contributed by atoms with Crippen molar-refractivity contribution in [1.29, 1.82) is 0 Å². The van der Waals surface area contributed by atoms with Crippen molar-refractivity contribution in [1.82, 2.24) is 5.32 Å². The number of nitrogens with one attached hydrogen (secondary N) is 1. The molecular weight excluding hydrogens is 710 g/mol. The van der Waals surface area contributed by atoms with Crippen LogP contribution in [0.2, 0.25) is 0 Å². The lowest BCUT2D eigenvalue weighted by molar-refractivity contribution is -0.363. The van der Waals surface area contributed by atoms with E-state index in [2.05, 4.69) is 5.32 Å². The zero-order valence-electron chi connectivity index (χ0n) is 27.7. The fraction of sp³-hybridized carbons (Fsp3) is 0.929. The number of nitrogens with two attached hydrogens (primary N) is 4. The van der Waals surface area contributed by atoms with Crippen molar-refractivity contribution in [3.05, 3.63) is 0 Å². The number of aliphatic hydroxyl groups is 10. The molecule has 4 rings (SSSR count). The molecule has 0 bridgehead atoms. The maximum atomic E-state index is 12.9. The van der Waals surface area contributed by atoms with Gasteiger partial charge < -0.3 is 113 Å². The molecule has 4 fully saturated rings. The number of ether oxygens (including phenoxy) is 6. The van der Waals surface area contributed by atoms with Crippen molar-refractivity contribution in [3.63, 3.8) is 0 Å². The van der Waals surface area contributed by atoms with Crippen LogP contribution in [-0.4, -0.2) is 216 Å². The van der Waals surface area contributed by atoms with Crippen LogP contribution in [-0.2, 0) is 38.0 Å². The summed E-state index contributed by atoms with van der Waals surface area (Å²) in [4.78, 5) is 24.6. The lowest BCUT2D eigenvalue weighted by Gasteiger charge is -2.50. The minimum absolute atomic E-state index is 0.0768. The zero-order valence-corrected chi connectivity index (χ0v) is 27.7. The van der Waals surface area contributed by atoms with Crippen LogP contribution in [0, 0.1) is 0 Å². The summed E-state index contributed by atoms with van der Waals surface area (Å²) in [6.45, 7) is -1.23. The van der Waals surface area contributed by atoms with E-state index in [0.29, 0.717) is 0 Å².